The van der Waals surface area contributed by atoms with Crippen LogP contribution in [0.5, 0.6) is 0 Å². The molecule has 1 saturated heterocycles. The van der Waals surface area contributed by atoms with Crippen molar-refractivity contribution in [2.24, 2.45) is 0 Å². The minimum atomic E-state index is -0.825. The molecule has 1 aromatic carbocycles. The van der Waals surface area contributed by atoms with Crippen molar-refractivity contribution in [2.75, 3.05) is 11.4 Å². The smallest absolute Gasteiger partial charge is 0.326 e. The van der Waals surface area contributed by atoms with Crippen LogP contribution in [-0.2, 0) is 4.79 Å². The third kappa shape index (κ3) is 2.75. The lowest BCUT2D eigenvalue weighted by Crippen LogP contribution is -2.36. The van der Waals surface area contributed by atoms with Crippen LogP contribution in [0.2, 0.25) is 5.28 Å². The van der Waals surface area contributed by atoms with Gasteiger partial charge in [0.25, 0.3) is 0 Å². The van der Waals surface area contributed by atoms with Gasteiger partial charge >= 0.3 is 5.97 Å². The first-order valence-corrected chi connectivity index (χ1v) is 9.27. The molecular formula is C18H16ClN3O2S. The number of anilines is 1. The molecule has 1 fully saturated rings. The maximum atomic E-state index is 11.7. The number of aromatic nitrogens is 2. The van der Waals surface area contributed by atoms with E-state index in [0.29, 0.717) is 18.8 Å². The lowest BCUT2D eigenvalue weighted by atomic mass is 10.0. The Labute approximate surface area is 153 Å². The minimum Gasteiger partial charge on any atom is -0.480 e. The van der Waals surface area contributed by atoms with E-state index in [1.165, 1.54) is 0 Å². The molecule has 0 bridgehead atoms. The zero-order valence-corrected chi connectivity index (χ0v) is 15.1. The molecule has 0 amide bonds. The van der Waals surface area contributed by atoms with Crippen LogP contribution in [0.25, 0.3) is 21.3 Å². The fourth-order valence-corrected chi connectivity index (χ4v) is 4.76. The van der Waals surface area contributed by atoms with Gasteiger partial charge in [0, 0.05) is 17.0 Å². The average Bonchev–Trinajstić information content (AvgIpc) is 3.18. The summed E-state index contributed by atoms with van der Waals surface area (Å²) in [5.74, 6) is -0.197. The molecule has 1 atom stereocenters. The van der Waals surface area contributed by atoms with Crippen molar-refractivity contribution in [2.45, 2.75) is 25.8 Å². The van der Waals surface area contributed by atoms with E-state index in [4.69, 9.17) is 11.6 Å². The van der Waals surface area contributed by atoms with Crippen LogP contribution in [0, 0.1) is 6.92 Å². The molecule has 0 aliphatic carbocycles. The van der Waals surface area contributed by atoms with Crippen LogP contribution in [0.4, 0.5) is 5.82 Å². The Balaban J connectivity index is 2.00. The van der Waals surface area contributed by atoms with Crippen molar-refractivity contribution in [3.63, 3.8) is 0 Å². The van der Waals surface area contributed by atoms with Gasteiger partial charge in [0.1, 0.15) is 16.7 Å². The monoisotopic (exact) mass is 373 g/mol. The largest absolute Gasteiger partial charge is 0.480 e. The Bertz CT molecular complexity index is 958. The quantitative estimate of drug-likeness (QED) is 0.690. The highest BCUT2D eigenvalue weighted by Crippen LogP contribution is 2.43. The van der Waals surface area contributed by atoms with Crippen molar-refractivity contribution in [1.29, 1.82) is 0 Å². The number of nitrogens with zero attached hydrogens (tertiary/aromatic N) is 3. The topological polar surface area (TPSA) is 66.3 Å². The van der Waals surface area contributed by atoms with Crippen LogP contribution in [0.1, 0.15) is 17.7 Å². The van der Waals surface area contributed by atoms with Crippen molar-refractivity contribution in [3.05, 3.63) is 40.5 Å². The number of aliphatic carboxylic acids is 1. The van der Waals surface area contributed by atoms with Crippen molar-refractivity contribution >= 4 is 44.9 Å². The summed E-state index contributed by atoms with van der Waals surface area (Å²) in [6.07, 6.45) is 1.44. The molecule has 2 aromatic heterocycles. The molecular weight excluding hydrogens is 358 g/mol. The molecule has 25 heavy (non-hydrogen) atoms. The molecule has 1 aliphatic heterocycles. The number of rotatable bonds is 3. The van der Waals surface area contributed by atoms with E-state index in [1.54, 1.807) is 11.3 Å². The third-order valence-electron chi connectivity index (χ3n) is 4.55. The zero-order valence-electron chi connectivity index (χ0n) is 13.6. The second kappa shape index (κ2) is 6.28. The van der Waals surface area contributed by atoms with Gasteiger partial charge in [-0.15, -0.1) is 11.3 Å². The van der Waals surface area contributed by atoms with Crippen LogP contribution < -0.4 is 4.90 Å². The molecule has 0 saturated carbocycles. The van der Waals surface area contributed by atoms with Crippen LogP contribution >= 0.6 is 22.9 Å². The number of carboxylic acids is 1. The maximum Gasteiger partial charge on any atom is 0.326 e. The summed E-state index contributed by atoms with van der Waals surface area (Å²) in [5, 5.41) is 10.6. The van der Waals surface area contributed by atoms with Gasteiger partial charge < -0.3 is 10.0 Å². The predicted octanol–water partition coefficient (Wildman–Crippen LogP) is 4.37. The summed E-state index contributed by atoms with van der Waals surface area (Å²) in [6, 6.07) is 9.48. The molecule has 3 aromatic rings. The molecule has 4 rings (SSSR count). The molecule has 0 spiro atoms. The van der Waals surface area contributed by atoms with E-state index in [1.807, 2.05) is 42.2 Å². The summed E-state index contributed by atoms with van der Waals surface area (Å²) in [7, 11) is 0. The number of aryl methyl sites for hydroxylation is 1. The van der Waals surface area contributed by atoms with Gasteiger partial charge in [-0.2, -0.15) is 4.98 Å². The van der Waals surface area contributed by atoms with Gasteiger partial charge in [-0.25, -0.2) is 9.78 Å². The van der Waals surface area contributed by atoms with Gasteiger partial charge in [-0.3, -0.25) is 0 Å². The van der Waals surface area contributed by atoms with Gasteiger partial charge in [0.2, 0.25) is 5.28 Å². The first-order valence-electron chi connectivity index (χ1n) is 8.08. The van der Waals surface area contributed by atoms with Gasteiger partial charge in [0.05, 0.1) is 5.39 Å². The number of benzene rings is 1. The van der Waals surface area contributed by atoms with E-state index in [2.05, 4.69) is 9.97 Å². The van der Waals surface area contributed by atoms with Crippen LogP contribution in [0.3, 0.4) is 0 Å². The fraction of sp³-hybridized carbons (Fsp3) is 0.278. The SMILES string of the molecule is Cc1sc2nc(Cl)nc(N3CCCC3C(=O)O)c2c1-c1ccccc1. The number of hydrogen-bond acceptors (Lipinski definition) is 5. The second-order valence-corrected chi connectivity index (χ2v) is 7.63. The molecule has 0 radical (unpaired) electrons. The fourth-order valence-electron chi connectivity index (χ4n) is 3.51. The lowest BCUT2D eigenvalue weighted by molar-refractivity contribution is -0.138. The molecule has 7 heteroatoms. The van der Waals surface area contributed by atoms with Gasteiger partial charge in [-0.1, -0.05) is 30.3 Å². The summed E-state index contributed by atoms with van der Waals surface area (Å²) in [4.78, 5) is 24.2. The molecule has 128 valence electrons. The lowest BCUT2D eigenvalue weighted by Gasteiger charge is -2.23. The number of halogens is 1. The van der Waals surface area contributed by atoms with E-state index in [9.17, 15) is 9.90 Å². The highest BCUT2D eigenvalue weighted by atomic mass is 35.5. The Morgan fingerprint density at radius 2 is 2.08 bits per heavy atom. The van der Waals surface area contributed by atoms with Crippen molar-refractivity contribution in [1.82, 2.24) is 9.97 Å². The Kier molecular flexibility index (Phi) is 4.09. The Hall–Kier alpha value is -2.18. The third-order valence-corrected chi connectivity index (χ3v) is 5.72. The van der Waals surface area contributed by atoms with E-state index < -0.39 is 12.0 Å². The number of thiophene rings is 1. The summed E-state index contributed by atoms with van der Waals surface area (Å²) < 4.78 is 0. The van der Waals surface area contributed by atoms with E-state index >= 15 is 0 Å². The zero-order chi connectivity index (χ0) is 17.6. The minimum absolute atomic E-state index is 0.152. The standard InChI is InChI=1S/C18H16ClN3O2S/c1-10-13(11-6-3-2-4-7-11)14-15(20-18(19)21-16(14)25-10)22-9-5-8-12(22)17(23)24/h2-4,6-7,12H,5,8-9H2,1H3,(H,23,24). The average molecular weight is 374 g/mol. The first-order chi connectivity index (χ1) is 12.1. The molecule has 1 unspecified atom stereocenters. The summed E-state index contributed by atoms with van der Waals surface area (Å²) >= 11 is 7.71. The number of fused-ring (bicyclic) bond motifs is 1. The predicted molar refractivity (Wildman–Crippen MR) is 101 cm³/mol. The molecule has 3 heterocycles. The van der Waals surface area contributed by atoms with Crippen molar-refractivity contribution in [3.8, 4) is 11.1 Å². The highest BCUT2D eigenvalue weighted by molar-refractivity contribution is 7.19. The summed E-state index contributed by atoms with van der Waals surface area (Å²) in [6.45, 7) is 2.70. The van der Waals surface area contributed by atoms with Gasteiger partial charge in [0.15, 0.2) is 0 Å². The number of carboxylic acid groups (broad SMARTS) is 1. The van der Waals surface area contributed by atoms with E-state index in [0.717, 1.165) is 32.6 Å². The van der Waals surface area contributed by atoms with E-state index in [-0.39, 0.29) is 5.28 Å². The van der Waals surface area contributed by atoms with Crippen LogP contribution in [-0.4, -0.2) is 33.6 Å². The van der Waals surface area contributed by atoms with Crippen LogP contribution in [0.15, 0.2) is 30.3 Å². The normalized spacial score (nSPS) is 17.4. The Morgan fingerprint density at radius 1 is 1.32 bits per heavy atom. The number of carbonyl (C=O) groups is 1. The first kappa shape index (κ1) is 16.3. The van der Waals surface area contributed by atoms with Crippen molar-refractivity contribution < 1.29 is 9.90 Å². The maximum absolute atomic E-state index is 11.7. The molecule has 1 aliphatic rings. The molecule has 1 N–H and O–H groups in total. The summed E-state index contributed by atoms with van der Waals surface area (Å²) in [5.41, 5.74) is 2.13. The second-order valence-electron chi connectivity index (χ2n) is 6.09. The molecule has 5 nitrogen and oxygen atoms in total. The highest BCUT2D eigenvalue weighted by Gasteiger charge is 2.34. The van der Waals surface area contributed by atoms with Gasteiger partial charge in [-0.05, 0) is 36.9 Å². The Morgan fingerprint density at radius 3 is 2.80 bits per heavy atom. The number of hydrogen-bond donors (Lipinski definition) is 1.